The van der Waals surface area contributed by atoms with Crippen molar-refractivity contribution in [1.82, 2.24) is 5.32 Å². The third-order valence-electron chi connectivity index (χ3n) is 4.94. The number of rotatable bonds is 5. The molecule has 2 atom stereocenters. The molecule has 2 heteroatoms. The van der Waals surface area contributed by atoms with E-state index in [2.05, 4.69) is 44.4 Å². The van der Waals surface area contributed by atoms with E-state index in [1.807, 2.05) is 0 Å². The van der Waals surface area contributed by atoms with Crippen LogP contribution in [0.1, 0.15) is 37.8 Å². The van der Waals surface area contributed by atoms with Gasteiger partial charge in [0.25, 0.3) is 0 Å². The van der Waals surface area contributed by atoms with Gasteiger partial charge < -0.3 is 10.1 Å². The molecule has 1 aliphatic carbocycles. The lowest BCUT2D eigenvalue weighted by Gasteiger charge is -2.18. The summed E-state index contributed by atoms with van der Waals surface area (Å²) in [6.07, 6.45) is 4.86. The standard InChI is InChI=1S/C17H25NO/c1-17(2)11-14(17)15(18-3)6-4-12-5-7-16-13(10-12)8-9-19-16/h5,7,10,14-15,18H,4,6,8-9,11H2,1-3H3. The molecule has 1 aliphatic heterocycles. The average Bonchev–Trinajstić information content (AvgIpc) is 2.83. The molecule has 0 aromatic heterocycles. The number of hydrogen-bond acceptors (Lipinski definition) is 2. The predicted octanol–water partition coefficient (Wildman–Crippen LogP) is 3.19. The van der Waals surface area contributed by atoms with Crippen molar-refractivity contribution in [3.8, 4) is 5.75 Å². The molecule has 1 heterocycles. The molecule has 1 fully saturated rings. The second-order valence-corrected chi connectivity index (χ2v) is 6.77. The van der Waals surface area contributed by atoms with Crippen molar-refractivity contribution in [3.63, 3.8) is 0 Å². The number of aryl methyl sites for hydroxylation is 1. The first-order valence-electron chi connectivity index (χ1n) is 7.52. The van der Waals surface area contributed by atoms with Crippen LogP contribution in [0.5, 0.6) is 5.75 Å². The van der Waals surface area contributed by atoms with Gasteiger partial charge in [0.1, 0.15) is 5.75 Å². The monoisotopic (exact) mass is 259 g/mol. The minimum Gasteiger partial charge on any atom is -0.493 e. The van der Waals surface area contributed by atoms with Crippen LogP contribution >= 0.6 is 0 Å². The number of benzene rings is 1. The van der Waals surface area contributed by atoms with Crippen molar-refractivity contribution in [2.24, 2.45) is 11.3 Å². The Morgan fingerprint density at radius 1 is 1.42 bits per heavy atom. The number of fused-ring (bicyclic) bond motifs is 1. The number of nitrogens with one attached hydrogen (secondary N) is 1. The summed E-state index contributed by atoms with van der Waals surface area (Å²) >= 11 is 0. The average molecular weight is 259 g/mol. The summed E-state index contributed by atoms with van der Waals surface area (Å²) in [7, 11) is 2.11. The molecule has 1 saturated carbocycles. The van der Waals surface area contributed by atoms with Crippen LogP contribution in [-0.4, -0.2) is 19.7 Å². The second kappa shape index (κ2) is 4.82. The highest BCUT2D eigenvalue weighted by Gasteiger charge is 2.49. The lowest BCUT2D eigenvalue weighted by Crippen LogP contribution is -2.29. The summed E-state index contributed by atoms with van der Waals surface area (Å²) in [6.45, 7) is 5.62. The summed E-state index contributed by atoms with van der Waals surface area (Å²) < 4.78 is 5.56. The van der Waals surface area contributed by atoms with Crippen molar-refractivity contribution in [2.75, 3.05) is 13.7 Å². The number of ether oxygens (including phenoxy) is 1. The fourth-order valence-electron chi connectivity index (χ4n) is 3.46. The molecule has 0 spiro atoms. The molecule has 2 aliphatic rings. The van der Waals surface area contributed by atoms with E-state index < -0.39 is 0 Å². The zero-order valence-corrected chi connectivity index (χ0v) is 12.3. The maximum atomic E-state index is 5.56. The predicted molar refractivity (Wildman–Crippen MR) is 78.7 cm³/mol. The van der Waals surface area contributed by atoms with Crippen LogP contribution in [0, 0.1) is 11.3 Å². The van der Waals surface area contributed by atoms with Crippen LogP contribution in [0.3, 0.4) is 0 Å². The lowest BCUT2D eigenvalue weighted by molar-refractivity contribution is 0.357. The van der Waals surface area contributed by atoms with Crippen molar-refractivity contribution >= 4 is 0 Å². The molecule has 0 amide bonds. The minimum absolute atomic E-state index is 0.555. The minimum atomic E-state index is 0.555. The molecule has 19 heavy (non-hydrogen) atoms. The van der Waals surface area contributed by atoms with Gasteiger partial charge in [-0.1, -0.05) is 26.0 Å². The second-order valence-electron chi connectivity index (χ2n) is 6.77. The van der Waals surface area contributed by atoms with Crippen LogP contribution < -0.4 is 10.1 Å². The van der Waals surface area contributed by atoms with Crippen LogP contribution in [0.15, 0.2) is 18.2 Å². The van der Waals surface area contributed by atoms with Gasteiger partial charge in [-0.25, -0.2) is 0 Å². The zero-order chi connectivity index (χ0) is 13.5. The van der Waals surface area contributed by atoms with E-state index in [1.54, 1.807) is 0 Å². The molecule has 0 bridgehead atoms. The van der Waals surface area contributed by atoms with Crippen molar-refractivity contribution in [3.05, 3.63) is 29.3 Å². The summed E-state index contributed by atoms with van der Waals surface area (Å²) in [5.74, 6) is 1.95. The first-order chi connectivity index (χ1) is 9.10. The molecule has 0 radical (unpaired) electrons. The first kappa shape index (κ1) is 13.0. The third kappa shape index (κ3) is 2.64. The Kier molecular flexibility index (Phi) is 3.30. The fraction of sp³-hybridized carbons (Fsp3) is 0.647. The van der Waals surface area contributed by atoms with Gasteiger partial charge in [-0.3, -0.25) is 0 Å². The lowest BCUT2D eigenvalue weighted by atomic mass is 9.96. The highest BCUT2D eigenvalue weighted by Crippen LogP contribution is 2.54. The van der Waals surface area contributed by atoms with Crippen LogP contribution in [-0.2, 0) is 12.8 Å². The zero-order valence-electron chi connectivity index (χ0n) is 12.3. The normalized spacial score (nSPS) is 24.7. The summed E-state index contributed by atoms with van der Waals surface area (Å²) in [4.78, 5) is 0. The van der Waals surface area contributed by atoms with Crippen molar-refractivity contribution in [2.45, 2.75) is 45.6 Å². The van der Waals surface area contributed by atoms with Gasteiger partial charge >= 0.3 is 0 Å². The number of hydrogen-bond donors (Lipinski definition) is 1. The van der Waals surface area contributed by atoms with E-state index in [9.17, 15) is 0 Å². The van der Waals surface area contributed by atoms with E-state index >= 15 is 0 Å². The van der Waals surface area contributed by atoms with Gasteiger partial charge in [0.2, 0.25) is 0 Å². The maximum Gasteiger partial charge on any atom is 0.122 e. The Bertz CT molecular complexity index is 466. The SMILES string of the molecule is CNC(CCc1ccc2c(c1)CCO2)C1CC1(C)C. The van der Waals surface area contributed by atoms with Crippen LogP contribution in [0.25, 0.3) is 0 Å². The third-order valence-corrected chi connectivity index (χ3v) is 4.94. The Labute approximate surface area is 116 Å². The summed E-state index contributed by atoms with van der Waals surface area (Å²) in [5.41, 5.74) is 3.41. The largest absolute Gasteiger partial charge is 0.493 e. The first-order valence-corrected chi connectivity index (χ1v) is 7.52. The van der Waals surface area contributed by atoms with Crippen molar-refractivity contribution in [1.29, 1.82) is 0 Å². The Morgan fingerprint density at radius 3 is 2.89 bits per heavy atom. The van der Waals surface area contributed by atoms with Gasteiger partial charge in [-0.2, -0.15) is 0 Å². The smallest absolute Gasteiger partial charge is 0.122 e. The molecule has 104 valence electrons. The van der Waals surface area contributed by atoms with Gasteiger partial charge in [0, 0.05) is 12.5 Å². The molecule has 1 aromatic rings. The molecule has 0 saturated heterocycles. The molecular formula is C17H25NO. The highest BCUT2D eigenvalue weighted by molar-refractivity contribution is 5.39. The molecule has 3 rings (SSSR count). The summed E-state index contributed by atoms with van der Waals surface area (Å²) in [5, 5.41) is 3.52. The van der Waals surface area contributed by atoms with Crippen LogP contribution in [0.4, 0.5) is 0 Å². The van der Waals surface area contributed by atoms with E-state index in [0.29, 0.717) is 11.5 Å². The summed E-state index contributed by atoms with van der Waals surface area (Å²) in [6, 6.07) is 7.38. The molecule has 1 aromatic carbocycles. The Balaban J connectivity index is 1.59. The maximum absolute atomic E-state index is 5.56. The molecule has 2 unspecified atom stereocenters. The molecular weight excluding hydrogens is 234 g/mol. The van der Waals surface area contributed by atoms with E-state index in [1.165, 1.54) is 30.4 Å². The molecule has 2 nitrogen and oxygen atoms in total. The van der Waals surface area contributed by atoms with Crippen molar-refractivity contribution < 1.29 is 4.74 Å². The van der Waals surface area contributed by atoms with E-state index in [4.69, 9.17) is 4.74 Å². The Morgan fingerprint density at radius 2 is 2.21 bits per heavy atom. The fourth-order valence-corrected chi connectivity index (χ4v) is 3.46. The van der Waals surface area contributed by atoms with Gasteiger partial charge in [0.15, 0.2) is 0 Å². The quantitative estimate of drug-likeness (QED) is 0.877. The van der Waals surface area contributed by atoms with Gasteiger partial charge in [-0.15, -0.1) is 0 Å². The van der Waals surface area contributed by atoms with E-state index in [0.717, 1.165) is 24.7 Å². The Hall–Kier alpha value is -1.02. The highest BCUT2D eigenvalue weighted by atomic mass is 16.5. The van der Waals surface area contributed by atoms with Gasteiger partial charge in [-0.05, 0) is 54.8 Å². The molecule has 1 N–H and O–H groups in total. The van der Waals surface area contributed by atoms with E-state index in [-0.39, 0.29) is 0 Å². The van der Waals surface area contributed by atoms with Gasteiger partial charge in [0.05, 0.1) is 6.61 Å². The topological polar surface area (TPSA) is 21.3 Å². The van der Waals surface area contributed by atoms with Crippen LogP contribution in [0.2, 0.25) is 0 Å².